The van der Waals surface area contributed by atoms with Gasteiger partial charge in [-0.1, -0.05) is 22.0 Å². The molecule has 1 aromatic heterocycles. The normalized spacial score (nSPS) is 10.4. The van der Waals surface area contributed by atoms with E-state index in [1.54, 1.807) is 12.1 Å². The second-order valence-electron chi connectivity index (χ2n) is 4.83. The summed E-state index contributed by atoms with van der Waals surface area (Å²) in [5.74, 6) is 0. The monoisotopic (exact) mass is 349 g/mol. The van der Waals surface area contributed by atoms with Crippen molar-refractivity contribution < 1.29 is 4.92 Å². The largest absolute Gasteiger partial charge is 0.368 e. The molecule has 0 N–H and O–H groups in total. The Morgan fingerprint density at radius 2 is 2.10 bits per heavy atom. The van der Waals surface area contributed by atoms with Crippen LogP contribution in [0, 0.1) is 17.0 Å². The number of alkyl halides is 1. The molecule has 0 saturated carbocycles. The first-order valence-corrected chi connectivity index (χ1v) is 7.60. The molecule has 0 fully saturated rings. The lowest BCUT2D eigenvalue weighted by Gasteiger charge is -2.21. The van der Waals surface area contributed by atoms with Crippen LogP contribution in [0.5, 0.6) is 0 Å². The van der Waals surface area contributed by atoms with Gasteiger partial charge in [-0.05, 0) is 30.7 Å². The standard InChI is InChI=1S/C15H16BrN3O2/c1-11-4-3-5-13(17-11)10-18(2)15-7-6-14(19(20)21)8-12(15)9-16/h3-8H,9-10H2,1-2H3. The Morgan fingerprint density at radius 1 is 1.33 bits per heavy atom. The van der Waals surface area contributed by atoms with Gasteiger partial charge in [-0.3, -0.25) is 15.1 Å². The fourth-order valence-electron chi connectivity index (χ4n) is 2.18. The van der Waals surface area contributed by atoms with E-state index in [4.69, 9.17) is 0 Å². The summed E-state index contributed by atoms with van der Waals surface area (Å²) in [6, 6.07) is 10.8. The maximum Gasteiger partial charge on any atom is 0.269 e. The van der Waals surface area contributed by atoms with E-state index in [0.717, 1.165) is 22.6 Å². The van der Waals surface area contributed by atoms with Crippen molar-refractivity contribution in [3.05, 3.63) is 63.5 Å². The van der Waals surface area contributed by atoms with E-state index < -0.39 is 0 Å². The molecule has 0 unspecified atom stereocenters. The molecule has 0 aliphatic heterocycles. The SMILES string of the molecule is Cc1cccc(CN(C)c2ccc([N+](=O)[O-])cc2CBr)n1. The van der Waals surface area contributed by atoms with Crippen molar-refractivity contribution in [2.45, 2.75) is 18.8 Å². The Bertz CT molecular complexity index is 661. The minimum absolute atomic E-state index is 0.107. The van der Waals surface area contributed by atoms with Gasteiger partial charge in [-0.25, -0.2) is 0 Å². The fourth-order valence-corrected chi connectivity index (χ4v) is 2.63. The van der Waals surface area contributed by atoms with Crippen molar-refractivity contribution in [3.63, 3.8) is 0 Å². The van der Waals surface area contributed by atoms with Crippen LogP contribution in [0.1, 0.15) is 17.0 Å². The molecule has 0 atom stereocenters. The van der Waals surface area contributed by atoms with E-state index >= 15 is 0 Å². The number of hydrogen-bond donors (Lipinski definition) is 0. The second kappa shape index (κ2) is 6.67. The van der Waals surface area contributed by atoms with E-state index in [9.17, 15) is 10.1 Å². The third-order valence-electron chi connectivity index (χ3n) is 3.17. The highest BCUT2D eigenvalue weighted by Crippen LogP contribution is 2.27. The number of aromatic nitrogens is 1. The number of nitro groups is 1. The zero-order valence-corrected chi connectivity index (χ0v) is 13.5. The first kappa shape index (κ1) is 15.4. The highest BCUT2D eigenvalue weighted by molar-refractivity contribution is 9.08. The van der Waals surface area contributed by atoms with Crippen LogP contribution in [0.25, 0.3) is 0 Å². The van der Waals surface area contributed by atoms with Crippen molar-refractivity contribution in [2.24, 2.45) is 0 Å². The molecule has 0 aliphatic rings. The summed E-state index contributed by atoms with van der Waals surface area (Å²) >= 11 is 3.39. The third-order valence-corrected chi connectivity index (χ3v) is 3.78. The van der Waals surface area contributed by atoms with Crippen LogP contribution in [0.3, 0.4) is 0 Å². The van der Waals surface area contributed by atoms with Gasteiger partial charge in [0.05, 0.1) is 17.2 Å². The third kappa shape index (κ3) is 3.78. The van der Waals surface area contributed by atoms with E-state index in [1.807, 2.05) is 37.1 Å². The van der Waals surface area contributed by atoms with Gasteiger partial charge in [0.2, 0.25) is 0 Å². The molecule has 0 aliphatic carbocycles. The summed E-state index contributed by atoms with van der Waals surface area (Å²) < 4.78 is 0. The summed E-state index contributed by atoms with van der Waals surface area (Å²) in [5, 5.41) is 11.4. The molecule has 0 radical (unpaired) electrons. The zero-order chi connectivity index (χ0) is 15.4. The number of rotatable bonds is 5. The molecule has 0 saturated heterocycles. The second-order valence-corrected chi connectivity index (χ2v) is 5.39. The predicted octanol–water partition coefficient (Wildman–Crippen LogP) is 3.83. The average Bonchev–Trinajstić information content (AvgIpc) is 2.46. The Morgan fingerprint density at radius 3 is 2.71 bits per heavy atom. The van der Waals surface area contributed by atoms with Crippen molar-refractivity contribution in [3.8, 4) is 0 Å². The van der Waals surface area contributed by atoms with Crippen LogP contribution in [0.2, 0.25) is 0 Å². The number of nitro benzene ring substituents is 1. The van der Waals surface area contributed by atoms with Gasteiger partial charge in [0.15, 0.2) is 0 Å². The van der Waals surface area contributed by atoms with Gasteiger partial charge in [0.1, 0.15) is 0 Å². The number of pyridine rings is 1. The number of aryl methyl sites for hydroxylation is 1. The lowest BCUT2D eigenvalue weighted by Crippen LogP contribution is -2.18. The summed E-state index contributed by atoms with van der Waals surface area (Å²) in [4.78, 5) is 17.0. The Balaban J connectivity index is 2.26. The number of nitrogens with zero attached hydrogens (tertiary/aromatic N) is 3. The van der Waals surface area contributed by atoms with Crippen LogP contribution in [0.15, 0.2) is 36.4 Å². The van der Waals surface area contributed by atoms with E-state index in [2.05, 4.69) is 20.9 Å². The Hall–Kier alpha value is -1.95. The highest BCUT2D eigenvalue weighted by atomic mass is 79.9. The van der Waals surface area contributed by atoms with Gasteiger partial charge in [0.25, 0.3) is 5.69 Å². The van der Waals surface area contributed by atoms with E-state index in [1.165, 1.54) is 6.07 Å². The quantitative estimate of drug-likeness (QED) is 0.467. The number of hydrogen-bond acceptors (Lipinski definition) is 4. The number of anilines is 1. The number of halogens is 1. The summed E-state index contributed by atoms with van der Waals surface area (Å²) in [7, 11) is 1.96. The smallest absolute Gasteiger partial charge is 0.269 e. The van der Waals surface area contributed by atoms with E-state index in [0.29, 0.717) is 11.9 Å². The summed E-state index contributed by atoms with van der Waals surface area (Å²) in [6.45, 7) is 2.61. The van der Waals surface area contributed by atoms with Crippen LogP contribution < -0.4 is 4.90 Å². The Labute approximate surface area is 131 Å². The summed E-state index contributed by atoms with van der Waals surface area (Å²) in [5.41, 5.74) is 3.90. The van der Waals surface area contributed by atoms with Crippen LogP contribution >= 0.6 is 15.9 Å². The summed E-state index contributed by atoms with van der Waals surface area (Å²) in [6.07, 6.45) is 0. The van der Waals surface area contributed by atoms with Crippen LogP contribution in [-0.4, -0.2) is 17.0 Å². The van der Waals surface area contributed by atoms with E-state index in [-0.39, 0.29) is 10.6 Å². The number of non-ortho nitro benzene ring substituents is 1. The van der Waals surface area contributed by atoms with Crippen LogP contribution in [-0.2, 0) is 11.9 Å². The van der Waals surface area contributed by atoms with Crippen molar-refractivity contribution in [1.29, 1.82) is 0 Å². The topological polar surface area (TPSA) is 59.3 Å². The molecule has 0 bridgehead atoms. The van der Waals surface area contributed by atoms with Gasteiger partial charge < -0.3 is 4.90 Å². The zero-order valence-electron chi connectivity index (χ0n) is 11.9. The molecule has 6 heteroatoms. The molecule has 2 aromatic rings. The van der Waals surface area contributed by atoms with Gasteiger partial charge in [0, 0.05) is 35.9 Å². The first-order valence-electron chi connectivity index (χ1n) is 6.48. The first-order chi connectivity index (χ1) is 10.0. The number of benzene rings is 1. The fraction of sp³-hybridized carbons (Fsp3) is 0.267. The molecular formula is C15H16BrN3O2. The lowest BCUT2D eigenvalue weighted by atomic mass is 10.1. The minimum Gasteiger partial charge on any atom is -0.368 e. The van der Waals surface area contributed by atoms with Crippen molar-refractivity contribution in [2.75, 3.05) is 11.9 Å². The lowest BCUT2D eigenvalue weighted by molar-refractivity contribution is -0.384. The van der Waals surface area contributed by atoms with Crippen LogP contribution in [0.4, 0.5) is 11.4 Å². The molecule has 21 heavy (non-hydrogen) atoms. The molecular weight excluding hydrogens is 334 g/mol. The predicted molar refractivity (Wildman–Crippen MR) is 86.8 cm³/mol. The molecule has 1 heterocycles. The molecule has 1 aromatic carbocycles. The molecule has 2 rings (SSSR count). The van der Waals surface area contributed by atoms with Crippen molar-refractivity contribution >= 4 is 27.3 Å². The molecule has 5 nitrogen and oxygen atoms in total. The maximum absolute atomic E-state index is 10.8. The minimum atomic E-state index is -0.377. The Kier molecular flexibility index (Phi) is 4.90. The van der Waals surface area contributed by atoms with Gasteiger partial charge >= 0.3 is 0 Å². The molecule has 110 valence electrons. The maximum atomic E-state index is 10.8. The molecule has 0 spiro atoms. The average molecular weight is 350 g/mol. The van der Waals surface area contributed by atoms with Gasteiger partial charge in [-0.15, -0.1) is 0 Å². The van der Waals surface area contributed by atoms with Gasteiger partial charge in [-0.2, -0.15) is 0 Å². The van der Waals surface area contributed by atoms with Crippen molar-refractivity contribution in [1.82, 2.24) is 4.98 Å². The highest BCUT2D eigenvalue weighted by Gasteiger charge is 2.13. The molecule has 0 amide bonds.